The second-order valence-corrected chi connectivity index (χ2v) is 5.10. The molecule has 0 spiro atoms. The van der Waals surface area contributed by atoms with Crippen molar-refractivity contribution in [2.24, 2.45) is 0 Å². The summed E-state index contributed by atoms with van der Waals surface area (Å²) in [7, 11) is 0. The molecular weight excluding hydrogens is 246 g/mol. The number of anilines is 2. The van der Waals surface area contributed by atoms with E-state index in [2.05, 4.69) is 34.9 Å². The standard InChI is InChI=1S/C17H17N3/c1-12-4-2-5-13(10-18)17(12)20-16-7-3-6-14-11-19-9-8-15(14)16/h2-7,19-20H,8-9,11H2,1H3. The maximum absolute atomic E-state index is 9.26. The number of para-hydroxylation sites is 1. The van der Waals surface area contributed by atoms with Crippen LogP contribution in [0.5, 0.6) is 0 Å². The molecule has 0 saturated heterocycles. The Kier molecular flexibility index (Phi) is 3.41. The molecule has 100 valence electrons. The summed E-state index contributed by atoms with van der Waals surface area (Å²) in [5, 5.41) is 16.1. The van der Waals surface area contributed by atoms with Crippen LogP contribution < -0.4 is 10.6 Å². The van der Waals surface area contributed by atoms with E-state index in [1.807, 2.05) is 25.1 Å². The number of rotatable bonds is 2. The lowest BCUT2D eigenvalue weighted by Crippen LogP contribution is -2.24. The van der Waals surface area contributed by atoms with E-state index < -0.39 is 0 Å². The lowest BCUT2D eigenvalue weighted by atomic mass is 9.98. The van der Waals surface area contributed by atoms with E-state index in [0.29, 0.717) is 5.56 Å². The van der Waals surface area contributed by atoms with E-state index in [-0.39, 0.29) is 0 Å². The van der Waals surface area contributed by atoms with E-state index in [9.17, 15) is 5.26 Å². The fourth-order valence-corrected chi connectivity index (χ4v) is 2.71. The second kappa shape index (κ2) is 5.36. The van der Waals surface area contributed by atoms with Crippen molar-refractivity contribution in [3.05, 3.63) is 58.7 Å². The minimum atomic E-state index is 0.691. The Morgan fingerprint density at radius 1 is 1.20 bits per heavy atom. The summed E-state index contributed by atoms with van der Waals surface area (Å²) in [6.07, 6.45) is 1.02. The van der Waals surface area contributed by atoms with Gasteiger partial charge in [-0.3, -0.25) is 0 Å². The zero-order valence-corrected chi connectivity index (χ0v) is 11.5. The van der Waals surface area contributed by atoms with Gasteiger partial charge in [0.15, 0.2) is 0 Å². The zero-order valence-electron chi connectivity index (χ0n) is 11.5. The third kappa shape index (κ3) is 2.26. The summed E-state index contributed by atoms with van der Waals surface area (Å²) in [4.78, 5) is 0. The first-order chi connectivity index (χ1) is 9.79. The molecule has 0 aromatic heterocycles. The first-order valence-corrected chi connectivity index (χ1v) is 6.88. The van der Waals surface area contributed by atoms with Gasteiger partial charge in [-0.15, -0.1) is 0 Å². The quantitative estimate of drug-likeness (QED) is 0.874. The molecular formula is C17H17N3. The lowest BCUT2D eigenvalue weighted by molar-refractivity contribution is 0.645. The molecule has 0 fully saturated rings. The van der Waals surface area contributed by atoms with E-state index in [1.54, 1.807) is 0 Å². The number of hydrogen-bond donors (Lipinski definition) is 2. The van der Waals surface area contributed by atoms with Gasteiger partial charge >= 0.3 is 0 Å². The van der Waals surface area contributed by atoms with Crippen molar-refractivity contribution >= 4 is 11.4 Å². The highest BCUT2D eigenvalue weighted by Crippen LogP contribution is 2.29. The van der Waals surface area contributed by atoms with Gasteiger partial charge in [0.1, 0.15) is 6.07 Å². The van der Waals surface area contributed by atoms with Crippen LogP contribution in [0.15, 0.2) is 36.4 Å². The predicted octanol–water partition coefficient (Wildman–Crippen LogP) is 3.26. The Hall–Kier alpha value is -2.31. The van der Waals surface area contributed by atoms with Gasteiger partial charge in [0.05, 0.1) is 11.3 Å². The normalized spacial score (nSPS) is 13.4. The molecule has 2 aromatic rings. The van der Waals surface area contributed by atoms with E-state index in [4.69, 9.17) is 0 Å². The second-order valence-electron chi connectivity index (χ2n) is 5.10. The molecule has 20 heavy (non-hydrogen) atoms. The monoisotopic (exact) mass is 263 g/mol. The number of aryl methyl sites for hydroxylation is 1. The van der Waals surface area contributed by atoms with E-state index in [1.165, 1.54) is 11.1 Å². The molecule has 0 amide bonds. The summed E-state index contributed by atoms with van der Waals surface area (Å²) in [6.45, 7) is 3.95. The van der Waals surface area contributed by atoms with Crippen molar-refractivity contribution < 1.29 is 0 Å². The molecule has 0 bridgehead atoms. The smallest absolute Gasteiger partial charge is 0.101 e. The van der Waals surface area contributed by atoms with Gasteiger partial charge in [0.25, 0.3) is 0 Å². The van der Waals surface area contributed by atoms with Crippen LogP contribution in [0.2, 0.25) is 0 Å². The number of benzene rings is 2. The molecule has 0 radical (unpaired) electrons. The molecule has 2 N–H and O–H groups in total. The highest BCUT2D eigenvalue weighted by molar-refractivity contribution is 5.72. The van der Waals surface area contributed by atoms with Crippen LogP contribution in [0.3, 0.4) is 0 Å². The average Bonchev–Trinajstić information content (AvgIpc) is 2.49. The van der Waals surface area contributed by atoms with Gasteiger partial charge in [-0.25, -0.2) is 0 Å². The molecule has 3 rings (SSSR count). The van der Waals surface area contributed by atoms with Crippen molar-refractivity contribution in [3.8, 4) is 6.07 Å². The summed E-state index contributed by atoms with van der Waals surface area (Å²) >= 11 is 0. The van der Waals surface area contributed by atoms with Crippen molar-refractivity contribution in [3.63, 3.8) is 0 Å². The fourth-order valence-electron chi connectivity index (χ4n) is 2.71. The van der Waals surface area contributed by atoms with Crippen LogP contribution in [-0.4, -0.2) is 6.54 Å². The van der Waals surface area contributed by atoms with E-state index in [0.717, 1.165) is 36.4 Å². The van der Waals surface area contributed by atoms with Crippen LogP contribution in [0.1, 0.15) is 22.3 Å². The molecule has 0 saturated carbocycles. The molecule has 1 heterocycles. The SMILES string of the molecule is Cc1cccc(C#N)c1Nc1cccc2c1CCNC2. The van der Waals surface area contributed by atoms with Crippen molar-refractivity contribution in [2.45, 2.75) is 19.9 Å². The van der Waals surface area contributed by atoms with Crippen LogP contribution in [-0.2, 0) is 13.0 Å². The van der Waals surface area contributed by atoms with Crippen molar-refractivity contribution in [2.75, 3.05) is 11.9 Å². The summed E-state index contributed by atoms with van der Waals surface area (Å²) in [6, 6.07) is 14.4. The largest absolute Gasteiger partial charge is 0.354 e. The fraction of sp³-hybridized carbons (Fsp3) is 0.235. The Balaban J connectivity index is 2.03. The summed E-state index contributed by atoms with van der Waals surface area (Å²) < 4.78 is 0. The minimum Gasteiger partial charge on any atom is -0.354 e. The molecule has 0 atom stereocenters. The Bertz CT molecular complexity index is 683. The first-order valence-electron chi connectivity index (χ1n) is 6.88. The van der Waals surface area contributed by atoms with Gasteiger partial charge in [0.2, 0.25) is 0 Å². The number of fused-ring (bicyclic) bond motifs is 1. The van der Waals surface area contributed by atoms with Crippen molar-refractivity contribution in [1.29, 1.82) is 5.26 Å². The summed E-state index contributed by atoms with van der Waals surface area (Å²) in [5.74, 6) is 0. The van der Waals surface area contributed by atoms with E-state index >= 15 is 0 Å². The maximum Gasteiger partial charge on any atom is 0.101 e. The maximum atomic E-state index is 9.26. The molecule has 3 heteroatoms. The topological polar surface area (TPSA) is 47.9 Å². The molecule has 1 aliphatic rings. The molecule has 2 aromatic carbocycles. The van der Waals surface area contributed by atoms with Crippen LogP contribution >= 0.6 is 0 Å². The molecule has 0 unspecified atom stereocenters. The van der Waals surface area contributed by atoms with Crippen LogP contribution in [0, 0.1) is 18.3 Å². The van der Waals surface area contributed by atoms with Gasteiger partial charge < -0.3 is 10.6 Å². The number of nitriles is 1. The third-order valence-corrected chi connectivity index (χ3v) is 3.79. The van der Waals surface area contributed by atoms with Crippen LogP contribution in [0.4, 0.5) is 11.4 Å². The molecule has 1 aliphatic heterocycles. The number of nitrogens with zero attached hydrogens (tertiary/aromatic N) is 1. The van der Waals surface area contributed by atoms with Gasteiger partial charge in [-0.2, -0.15) is 5.26 Å². The van der Waals surface area contributed by atoms with Crippen LogP contribution in [0.25, 0.3) is 0 Å². The summed E-state index contributed by atoms with van der Waals surface area (Å²) in [5.41, 5.74) is 6.52. The number of nitrogens with one attached hydrogen (secondary N) is 2. The van der Waals surface area contributed by atoms with Gasteiger partial charge in [0, 0.05) is 12.2 Å². The Morgan fingerprint density at radius 3 is 2.90 bits per heavy atom. The first kappa shape index (κ1) is 12.7. The predicted molar refractivity (Wildman–Crippen MR) is 81.0 cm³/mol. The number of hydrogen-bond acceptors (Lipinski definition) is 3. The minimum absolute atomic E-state index is 0.691. The lowest BCUT2D eigenvalue weighted by Gasteiger charge is -2.22. The van der Waals surface area contributed by atoms with Crippen molar-refractivity contribution in [1.82, 2.24) is 5.32 Å². The molecule has 0 aliphatic carbocycles. The highest BCUT2D eigenvalue weighted by Gasteiger charge is 2.14. The Morgan fingerprint density at radius 2 is 2.05 bits per heavy atom. The zero-order chi connectivity index (χ0) is 13.9. The molecule has 3 nitrogen and oxygen atoms in total. The van der Waals surface area contributed by atoms with Gasteiger partial charge in [-0.1, -0.05) is 24.3 Å². The third-order valence-electron chi connectivity index (χ3n) is 3.79. The van der Waals surface area contributed by atoms with Gasteiger partial charge in [-0.05, 0) is 48.7 Å². The highest BCUT2D eigenvalue weighted by atomic mass is 14.9. The average molecular weight is 263 g/mol. The Labute approximate surface area is 119 Å².